The molecule has 0 saturated carbocycles. The van der Waals surface area contributed by atoms with Gasteiger partial charge in [0.1, 0.15) is 0 Å². The summed E-state index contributed by atoms with van der Waals surface area (Å²) in [6.45, 7) is 10.9. The average Bonchev–Trinajstić information content (AvgIpc) is 2.76. The van der Waals surface area contributed by atoms with Crippen LogP contribution in [0, 0.1) is 11.8 Å². The molecule has 0 aromatic carbocycles. The van der Waals surface area contributed by atoms with Gasteiger partial charge in [-0.05, 0) is 31.1 Å². The smallest absolute Gasteiger partial charge is 0.246 e. The van der Waals surface area contributed by atoms with E-state index in [1.807, 2.05) is 11.0 Å². The van der Waals surface area contributed by atoms with Crippen LogP contribution in [0.15, 0.2) is 12.2 Å². The molecule has 2 saturated heterocycles. The molecule has 0 N–H and O–H groups in total. The van der Waals surface area contributed by atoms with Crippen LogP contribution in [0.3, 0.4) is 0 Å². The minimum absolute atomic E-state index is 0.187. The highest BCUT2D eigenvalue weighted by Crippen LogP contribution is 2.23. The lowest BCUT2D eigenvalue weighted by atomic mass is 9.88. The van der Waals surface area contributed by atoms with Gasteiger partial charge in [-0.1, -0.05) is 19.9 Å². The third kappa shape index (κ3) is 5.44. The van der Waals surface area contributed by atoms with Crippen LogP contribution in [-0.2, 0) is 9.53 Å². The van der Waals surface area contributed by atoms with Gasteiger partial charge in [0.2, 0.25) is 5.91 Å². The van der Waals surface area contributed by atoms with Crippen molar-refractivity contribution in [3.8, 4) is 0 Å². The number of hydrogen-bond acceptors (Lipinski definition) is 3. The predicted octanol–water partition coefficient (Wildman–Crippen LogP) is 2.16. The molecule has 1 atom stereocenters. The summed E-state index contributed by atoms with van der Waals surface area (Å²) in [4.78, 5) is 16.6. The standard InChI is InChI=1S/C17H30N2O2/c1-15(2)16-6-3-10-19(14-16)17(20)7-4-8-18-9-5-12-21-13-11-18/h4,7,15-16H,3,5-6,8-14H2,1-2H3/b7-4+. The molecule has 1 amide bonds. The first kappa shape index (κ1) is 16.5. The second kappa shape index (κ2) is 8.54. The molecule has 4 heteroatoms. The lowest BCUT2D eigenvalue weighted by Gasteiger charge is -2.34. The van der Waals surface area contributed by atoms with Crippen LogP contribution in [-0.4, -0.2) is 61.6 Å². The molecule has 0 radical (unpaired) electrons. The van der Waals surface area contributed by atoms with Crippen LogP contribution in [0.5, 0.6) is 0 Å². The Kier molecular flexibility index (Phi) is 6.71. The van der Waals surface area contributed by atoms with Gasteiger partial charge >= 0.3 is 0 Å². The van der Waals surface area contributed by atoms with Crippen LogP contribution < -0.4 is 0 Å². The van der Waals surface area contributed by atoms with E-state index in [0.717, 1.165) is 58.8 Å². The van der Waals surface area contributed by atoms with Gasteiger partial charge in [0, 0.05) is 45.4 Å². The largest absolute Gasteiger partial charge is 0.380 e. The summed E-state index contributed by atoms with van der Waals surface area (Å²) < 4.78 is 5.44. The minimum Gasteiger partial charge on any atom is -0.380 e. The van der Waals surface area contributed by atoms with E-state index < -0.39 is 0 Å². The zero-order valence-electron chi connectivity index (χ0n) is 13.6. The fourth-order valence-corrected chi connectivity index (χ4v) is 3.14. The van der Waals surface area contributed by atoms with Crippen LogP contribution in [0.2, 0.25) is 0 Å². The maximum atomic E-state index is 12.3. The van der Waals surface area contributed by atoms with Crippen molar-refractivity contribution in [1.29, 1.82) is 0 Å². The fourth-order valence-electron chi connectivity index (χ4n) is 3.14. The molecule has 1 unspecified atom stereocenters. The Morgan fingerprint density at radius 2 is 2.10 bits per heavy atom. The molecular formula is C17H30N2O2. The van der Waals surface area contributed by atoms with Crippen molar-refractivity contribution in [1.82, 2.24) is 9.80 Å². The van der Waals surface area contributed by atoms with E-state index in [1.54, 1.807) is 6.08 Å². The maximum Gasteiger partial charge on any atom is 0.246 e. The van der Waals surface area contributed by atoms with Crippen molar-refractivity contribution >= 4 is 5.91 Å². The van der Waals surface area contributed by atoms with Crippen molar-refractivity contribution in [2.45, 2.75) is 33.1 Å². The summed E-state index contributed by atoms with van der Waals surface area (Å²) in [6.07, 6.45) is 7.29. The van der Waals surface area contributed by atoms with Crippen LogP contribution in [0.4, 0.5) is 0 Å². The van der Waals surface area contributed by atoms with Gasteiger partial charge in [-0.25, -0.2) is 0 Å². The first-order chi connectivity index (χ1) is 10.2. The summed E-state index contributed by atoms with van der Waals surface area (Å²) in [6, 6.07) is 0. The molecule has 0 spiro atoms. The van der Waals surface area contributed by atoms with Crippen molar-refractivity contribution in [2.24, 2.45) is 11.8 Å². The number of likely N-dealkylation sites (tertiary alicyclic amines) is 1. The Labute approximate surface area is 129 Å². The van der Waals surface area contributed by atoms with Crippen molar-refractivity contribution in [2.75, 3.05) is 45.9 Å². The second-order valence-electron chi connectivity index (χ2n) is 6.60. The number of rotatable bonds is 4. The maximum absolute atomic E-state index is 12.3. The summed E-state index contributed by atoms with van der Waals surface area (Å²) in [5, 5.41) is 0. The number of nitrogens with zero attached hydrogens (tertiary/aromatic N) is 2. The fraction of sp³-hybridized carbons (Fsp3) is 0.824. The molecule has 2 heterocycles. The van der Waals surface area contributed by atoms with E-state index in [2.05, 4.69) is 18.7 Å². The van der Waals surface area contributed by atoms with Gasteiger partial charge < -0.3 is 9.64 Å². The van der Waals surface area contributed by atoms with Crippen molar-refractivity contribution in [3.05, 3.63) is 12.2 Å². The molecule has 120 valence electrons. The monoisotopic (exact) mass is 294 g/mol. The Morgan fingerprint density at radius 3 is 2.90 bits per heavy atom. The molecule has 0 aromatic rings. The first-order valence-corrected chi connectivity index (χ1v) is 8.42. The highest BCUT2D eigenvalue weighted by molar-refractivity contribution is 5.87. The molecule has 2 aliphatic heterocycles. The van der Waals surface area contributed by atoms with Crippen molar-refractivity contribution in [3.63, 3.8) is 0 Å². The van der Waals surface area contributed by atoms with Gasteiger partial charge in [-0.3, -0.25) is 9.69 Å². The van der Waals surface area contributed by atoms with Crippen LogP contribution in [0.1, 0.15) is 33.1 Å². The Bertz CT molecular complexity index is 347. The van der Waals surface area contributed by atoms with Gasteiger partial charge in [-0.15, -0.1) is 0 Å². The average molecular weight is 294 g/mol. The van der Waals surface area contributed by atoms with Crippen molar-refractivity contribution < 1.29 is 9.53 Å². The Balaban J connectivity index is 1.76. The summed E-state index contributed by atoms with van der Waals surface area (Å²) in [7, 11) is 0. The summed E-state index contributed by atoms with van der Waals surface area (Å²) >= 11 is 0. The zero-order valence-corrected chi connectivity index (χ0v) is 13.6. The van der Waals surface area contributed by atoms with E-state index in [0.29, 0.717) is 11.8 Å². The Hall–Kier alpha value is -0.870. The highest BCUT2D eigenvalue weighted by atomic mass is 16.5. The van der Waals surface area contributed by atoms with Crippen LogP contribution in [0.25, 0.3) is 0 Å². The lowest BCUT2D eigenvalue weighted by molar-refractivity contribution is -0.128. The molecule has 4 nitrogen and oxygen atoms in total. The number of hydrogen-bond donors (Lipinski definition) is 0. The quantitative estimate of drug-likeness (QED) is 0.745. The molecule has 0 aromatic heterocycles. The van der Waals surface area contributed by atoms with Gasteiger partial charge in [0.25, 0.3) is 0 Å². The number of carbonyl (C=O) groups is 1. The van der Waals surface area contributed by atoms with E-state index in [1.165, 1.54) is 6.42 Å². The normalized spacial score (nSPS) is 25.5. The third-order valence-electron chi connectivity index (χ3n) is 4.65. The second-order valence-corrected chi connectivity index (χ2v) is 6.60. The first-order valence-electron chi connectivity index (χ1n) is 8.42. The zero-order chi connectivity index (χ0) is 15.1. The van der Waals surface area contributed by atoms with Gasteiger partial charge in [0.15, 0.2) is 0 Å². The third-order valence-corrected chi connectivity index (χ3v) is 4.65. The predicted molar refractivity (Wildman–Crippen MR) is 85.2 cm³/mol. The number of carbonyl (C=O) groups excluding carboxylic acids is 1. The topological polar surface area (TPSA) is 32.8 Å². The van der Waals surface area contributed by atoms with E-state index in [-0.39, 0.29) is 5.91 Å². The molecular weight excluding hydrogens is 264 g/mol. The van der Waals surface area contributed by atoms with E-state index in [9.17, 15) is 4.79 Å². The molecule has 2 rings (SSSR count). The van der Waals surface area contributed by atoms with Crippen LogP contribution >= 0.6 is 0 Å². The highest BCUT2D eigenvalue weighted by Gasteiger charge is 2.24. The SMILES string of the molecule is CC(C)C1CCCN(C(=O)/C=C/CN2CCCOCC2)C1. The summed E-state index contributed by atoms with van der Waals surface area (Å²) in [5.41, 5.74) is 0. The molecule has 0 aliphatic carbocycles. The molecule has 21 heavy (non-hydrogen) atoms. The molecule has 2 aliphatic rings. The minimum atomic E-state index is 0.187. The van der Waals surface area contributed by atoms with E-state index >= 15 is 0 Å². The number of ether oxygens (including phenoxy) is 1. The Morgan fingerprint density at radius 1 is 1.24 bits per heavy atom. The molecule has 0 bridgehead atoms. The summed E-state index contributed by atoms with van der Waals surface area (Å²) in [5.74, 6) is 1.52. The van der Waals surface area contributed by atoms with Gasteiger partial charge in [0.05, 0.1) is 6.61 Å². The number of amides is 1. The lowest BCUT2D eigenvalue weighted by Crippen LogP contribution is -2.40. The van der Waals surface area contributed by atoms with E-state index in [4.69, 9.17) is 4.74 Å². The molecule has 2 fully saturated rings. The number of piperidine rings is 1. The van der Waals surface area contributed by atoms with Gasteiger partial charge in [-0.2, -0.15) is 0 Å².